The molecule has 2 unspecified atom stereocenters. The molecule has 1 N–H and O–H groups in total. The second-order valence-electron chi connectivity index (χ2n) is 4.16. The maximum absolute atomic E-state index is 10.2. The van der Waals surface area contributed by atoms with E-state index in [1.165, 1.54) is 10.5 Å². The van der Waals surface area contributed by atoms with Crippen LogP contribution in [0.15, 0.2) is 29.2 Å². The Kier molecular flexibility index (Phi) is 4.27. The first kappa shape index (κ1) is 12.0. The molecule has 0 radical (unpaired) electrons. The third-order valence-corrected chi connectivity index (χ3v) is 4.26. The van der Waals surface area contributed by atoms with E-state index in [1.54, 1.807) is 7.11 Å². The highest BCUT2D eigenvalue weighted by molar-refractivity contribution is 7.99. The smallest absolute Gasteiger partial charge is 0.0618 e. The summed E-state index contributed by atoms with van der Waals surface area (Å²) in [5, 5.41) is 10.2. The first-order valence-electron chi connectivity index (χ1n) is 5.71. The van der Waals surface area contributed by atoms with Crippen molar-refractivity contribution in [2.24, 2.45) is 0 Å². The number of thioether (sulfide) groups is 1. The van der Waals surface area contributed by atoms with Gasteiger partial charge in [0, 0.05) is 30.3 Å². The molecule has 0 amide bonds. The number of rotatable bonds is 5. The van der Waals surface area contributed by atoms with Gasteiger partial charge in [0.05, 0.1) is 6.10 Å². The molecule has 2 rings (SSSR count). The van der Waals surface area contributed by atoms with E-state index in [1.807, 2.05) is 11.8 Å². The van der Waals surface area contributed by atoms with Gasteiger partial charge in [0.25, 0.3) is 0 Å². The number of methoxy groups -OCH3 is 1. The van der Waals surface area contributed by atoms with Gasteiger partial charge in [-0.25, -0.2) is 0 Å². The molecule has 0 saturated carbocycles. The van der Waals surface area contributed by atoms with Crippen molar-refractivity contribution < 1.29 is 9.84 Å². The fourth-order valence-corrected chi connectivity index (χ4v) is 3.47. The lowest BCUT2D eigenvalue weighted by atomic mass is 9.93. The lowest BCUT2D eigenvalue weighted by molar-refractivity contribution is 0.119. The quantitative estimate of drug-likeness (QED) is 0.800. The van der Waals surface area contributed by atoms with Gasteiger partial charge < -0.3 is 9.84 Å². The molecule has 0 bridgehead atoms. The first-order chi connectivity index (χ1) is 7.83. The van der Waals surface area contributed by atoms with Gasteiger partial charge in [0.15, 0.2) is 0 Å². The van der Waals surface area contributed by atoms with E-state index in [4.69, 9.17) is 4.74 Å². The van der Waals surface area contributed by atoms with Gasteiger partial charge in [-0.3, -0.25) is 0 Å². The van der Waals surface area contributed by atoms with Crippen LogP contribution in [0.5, 0.6) is 0 Å². The van der Waals surface area contributed by atoms with Crippen LogP contribution >= 0.6 is 11.8 Å². The van der Waals surface area contributed by atoms with E-state index in [0.29, 0.717) is 5.92 Å². The lowest BCUT2D eigenvalue weighted by Crippen LogP contribution is -2.18. The van der Waals surface area contributed by atoms with Crippen LogP contribution in [0.3, 0.4) is 0 Å². The molecule has 0 fully saturated rings. The number of benzene rings is 1. The Morgan fingerprint density at radius 2 is 2.31 bits per heavy atom. The summed E-state index contributed by atoms with van der Waals surface area (Å²) >= 11 is 1.85. The Morgan fingerprint density at radius 1 is 1.50 bits per heavy atom. The van der Waals surface area contributed by atoms with Crippen LogP contribution in [-0.2, 0) is 4.74 Å². The molecule has 0 aromatic heterocycles. The van der Waals surface area contributed by atoms with E-state index in [0.717, 1.165) is 25.2 Å². The number of aliphatic hydroxyl groups is 1. The molecule has 1 aromatic rings. The highest BCUT2D eigenvalue weighted by Crippen LogP contribution is 2.41. The Bertz CT molecular complexity index is 340. The molecule has 1 heterocycles. The molecule has 3 heteroatoms. The zero-order chi connectivity index (χ0) is 11.4. The molecular weight excluding hydrogens is 220 g/mol. The average Bonchev–Trinajstić information content (AvgIpc) is 2.73. The molecule has 88 valence electrons. The van der Waals surface area contributed by atoms with Gasteiger partial charge in [-0.2, -0.15) is 0 Å². The lowest BCUT2D eigenvalue weighted by Gasteiger charge is -2.18. The number of ether oxygens (including phenoxy) is 1. The molecule has 0 aliphatic carbocycles. The Morgan fingerprint density at radius 3 is 3.12 bits per heavy atom. The van der Waals surface area contributed by atoms with Crippen molar-refractivity contribution in [2.45, 2.75) is 29.8 Å². The molecule has 2 atom stereocenters. The third kappa shape index (κ3) is 2.59. The first-order valence-corrected chi connectivity index (χ1v) is 6.70. The topological polar surface area (TPSA) is 29.5 Å². The fraction of sp³-hybridized carbons (Fsp3) is 0.538. The Hall–Kier alpha value is -0.510. The predicted molar refractivity (Wildman–Crippen MR) is 67.0 cm³/mol. The summed E-state index contributed by atoms with van der Waals surface area (Å²) < 4.78 is 5.01. The monoisotopic (exact) mass is 238 g/mol. The summed E-state index contributed by atoms with van der Waals surface area (Å²) in [5.74, 6) is 1.31. The summed E-state index contributed by atoms with van der Waals surface area (Å²) in [6, 6.07) is 8.40. The van der Waals surface area contributed by atoms with Crippen LogP contribution in [0.4, 0.5) is 0 Å². The molecule has 1 aromatic carbocycles. The summed E-state index contributed by atoms with van der Waals surface area (Å²) in [4.78, 5) is 1.33. The molecule has 2 nitrogen and oxygen atoms in total. The van der Waals surface area contributed by atoms with Crippen LogP contribution in [0, 0.1) is 0 Å². The maximum Gasteiger partial charge on any atom is 0.0618 e. The van der Waals surface area contributed by atoms with Gasteiger partial charge in [-0.05, 0) is 24.5 Å². The second kappa shape index (κ2) is 5.71. The predicted octanol–water partition coefficient (Wildman–Crippen LogP) is 2.66. The van der Waals surface area contributed by atoms with Gasteiger partial charge in [-0.1, -0.05) is 18.2 Å². The van der Waals surface area contributed by atoms with Gasteiger partial charge in [0.1, 0.15) is 0 Å². The fourth-order valence-electron chi connectivity index (χ4n) is 2.14. The second-order valence-corrected chi connectivity index (χ2v) is 5.22. The molecular formula is C13H18O2S. The molecule has 0 saturated heterocycles. The molecule has 16 heavy (non-hydrogen) atoms. The van der Waals surface area contributed by atoms with Crippen molar-refractivity contribution in [2.75, 3.05) is 19.5 Å². The molecule has 1 aliphatic rings. The van der Waals surface area contributed by atoms with Crippen LogP contribution in [0.25, 0.3) is 0 Å². The van der Waals surface area contributed by atoms with Crippen molar-refractivity contribution in [1.82, 2.24) is 0 Å². The van der Waals surface area contributed by atoms with Gasteiger partial charge in [0.2, 0.25) is 0 Å². The normalized spacial score (nSPS) is 20.8. The summed E-state index contributed by atoms with van der Waals surface area (Å²) in [6.45, 7) is 0.735. The van der Waals surface area contributed by atoms with E-state index in [9.17, 15) is 5.11 Å². The van der Waals surface area contributed by atoms with Crippen molar-refractivity contribution in [3.8, 4) is 0 Å². The Labute approximate surface area is 101 Å². The Balaban J connectivity index is 1.96. The minimum atomic E-state index is -0.230. The van der Waals surface area contributed by atoms with Gasteiger partial charge in [-0.15, -0.1) is 11.8 Å². The summed E-state index contributed by atoms with van der Waals surface area (Å²) in [6.07, 6.45) is 1.53. The van der Waals surface area contributed by atoms with Gasteiger partial charge >= 0.3 is 0 Å². The number of aliphatic hydroxyl groups excluding tert-OH is 1. The average molecular weight is 238 g/mol. The van der Waals surface area contributed by atoms with E-state index < -0.39 is 0 Å². The highest BCUT2D eigenvalue weighted by Gasteiger charge is 2.28. The minimum absolute atomic E-state index is 0.230. The number of hydrogen-bond acceptors (Lipinski definition) is 3. The van der Waals surface area contributed by atoms with Crippen LogP contribution in [0.2, 0.25) is 0 Å². The zero-order valence-corrected chi connectivity index (χ0v) is 10.4. The zero-order valence-electron chi connectivity index (χ0n) is 9.56. The van der Waals surface area contributed by atoms with E-state index in [2.05, 4.69) is 24.3 Å². The maximum atomic E-state index is 10.2. The van der Waals surface area contributed by atoms with Crippen molar-refractivity contribution in [3.05, 3.63) is 29.8 Å². The number of hydrogen-bond donors (Lipinski definition) is 1. The SMILES string of the molecule is COCCCC(O)C1CSc2ccccc21. The molecule has 0 spiro atoms. The van der Waals surface area contributed by atoms with E-state index >= 15 is 0 Å². The molecule has 1 aliphatic heterocycles. The van der Waals surface area contributed by atoms with Crippen LogP contribution in [-0.4, -0.2) is 30.7 Å². The summed E-state index contributed by atoms with van der Waals surface area (Å²) in [5.41, 5.74) is 1.32. The standard InChI is InChI=1S/C13H18O2S/c1-15-8-4-6-12(14)11-9-16-13-7-3-2-5-10(11)13/h2-3,5,7,11-12,14H,4,6,8-9H2,1H3. The minimum Gasteiger partial charge on any atom is -0.392 e. The summed E-state index contributed by atoms with van der Waals surface area (Å²) in [7, 11) is 1.70. The van der Waals surface area contributed by atoms with Crippen molar-refractivity contribution in [1.29, 1.82) is 0 Å². The van der Waals surface area contributed by atoms with Crippen molar-refractivity contribution >= 4 is 11.8 Å². The van der Waals surface area contributed by atoms with Crippen LogP contribution < -0.4 is 0 Å². The third-order valence-electron chi connectivity index (χ3n) is 3.05. The highest BCUT2D eigenvalue weighted by atomic mass is 32.2. The largest absolute Gasteiger partial charge is 0.392 e. The number of fused-ring (bicyclic) bond motifs is 1. The van der Waals surface area contributed by atoms with Crippen LogP contribution in [0.1, 0.15) is 24.3 Å². The van der Waals surface area contributed by atoms with Crippen molar-refractivity contribution in [3.63, 3.8) is 0 Å². The van der Waals surface area contributed by atoms with E-state index in [-0.39, 0.29) is 6.10 Å².